The summed E-state index contributed by atoms with van der Waals surface area (Å²) in [6.45, 7) is 15.3. The Morgan fingerprint density at radius 1 is 1.57 bits per heavy atom. The Kier molecular flexibility index (Phi) is 4.68. The Morgan fingerprint density at radius 3 is 2.74 bits per heavy atom. The number of fused-ring (bicyclic) bond motifs is 1. The average molecular weight is 334 g/mol. The van der Waals surface area contributed by atoms with E-state index in [0.29, 0.717) is 13.2 Å². The summed E-state index contributed by atoms with van der Waals surface area (Å²) in [6.07, 6.45) is 2.51. The molecule has 1 aromatic rings. The van der Waals surface area contributed by atoms with Gasteiger partial charge in [0.1, 0.15) is 6.04 Å². The largest absolute Gasteiger partial charge is 0.465 e. The molecule has 2 heterocycles. The van der Waals surface area contributed by atoms with Gasteiger partial charge in [-0.1, -0.05) is 33.4 Å². The summed E-state index contributed by atoms with van der Waals surface area (Å²) in [5.74, 6) is 0. The molecule has 1 N–H and O–H groups in total. The minimum Gasteiger partial charge on any atom is -0.465 e. The third-order valence-electron chi connectivity index (χ3n) is 4.94. The normalized spacial score (nSPS) is 18.0. The van der Waals surface area contributed by atoms with E-state index >= 15 is 0 Å². The summed E-state index contributed by atoms with van der Waals surface area (Å²) in [5.41, 5.74) is 2.64. The molecular weight excluding hydrogens is 308 g/mol. The van der Waals surface area contributed by atoms with Gasteiger partial charge in [-0.15, -0.1) is 0 Å². The van der Waals surface area contributed by atoms with Gasteiger partial charge < -0.3 is 9.53 Å². The van der Waals surface area contributed by atoms with Crippen molar-refractivity contribution in [2.75, 3.05) is 6.61 Å². The van der Waals surface area contributed by atoms with Crippen LogP contribution in [-0.4, -0.2) is 36.0 Å². The third kappa shape index (κ3) is 3.48. The van der Waals surface area contributed by atoms with Gasteiger partial charge >= 0.3 is 6.09 Å². The Labute approximate surface area is 139 Å². The number of carbonyl (C=O) groups is 1. The molecule has 1 atom stereocenters. The molecule has 0 radical (unpaired) electrons. The van der Waals surface area contributed by atoms with Crippen molar-refractivity contribution < 1.29 is 14.3 Å². The molecule has 0 spiro atoms. The van der Waals surface area contributed by atoms with E-state index in [0.717, 1.165) is 16.8 Å². The van der Waals surface area contributed by atoms with Crippen LogP contribution in [0, 0.1) is 0 Å². The molecule has 1 aromatic heterocycles. The minimum atomic E-state index is -1.94. The minimum absolute atomic E-state index is 0.0859. The maximum Gasteiger partial charge on any atom is 0.408 e. The second-order valence-electron chi connectivity index (χ2n) is 7.51. The van der Waals surface area contributed by atoms with Gasteiger partial charge in [-0.25, -0.2) is 4.79 Å². The Bertz CT molecular complexity index is 623. The van der Waals surface area contributed by atoms with Crippen molar-refractivity contribution in [2.24, 2.45) is 0 Å². The van der Waals surface area contributed by atoms with Gasteiger partial charge in [0.25, 0.3) is 0 Å². The van der Waals surface area contributed by atoms with E-state index < -0.39 is 14.4 Å². The van der Waals surface area contributed by atoms with Crippen LogP contribution in [0.3, 0.4) is 0 Å². The lowest BCUT2D eigenvalue weighted by Gasteiger charge is -2.37. The van der Waals surface area contributed by atoms with Gasteiger partial charge in [0.2, 0.25) is 0 Å². The molecule has 1 aliphatic heterocycles. The highest BCUT2D eigenvalue weighted by Gasteiger charge is 2.41. The quantitative estimate of drug-likeness (QED) is 0.835. The topological polar surface area (TPSA) is 62.7 Å². The first-order valence-corrected chi connectivity index (χ1v) is 10.7. The monoisotopic (exact) mass is 334 g/mol. The number of aromatic nitrogens is 1. The Balaban J connectivity index is 2.26. The molecule has 23 heavy (non-hydrogen) atoms. The number of rotatable bonds is 4. The predicted molar refractivity (Wildman–Crippen MR) is 93.8 cm³/mol. The number of hydrogen-bond acceptors (Lipinski definition) is 3. The van der Waals surface area contributed by atoms with Crippen molar-refractivity contribution in [1.29, 1.82) is 0 Å². The van der Waals surface area contributed by atoms with Crippen LogP contribution < -0.4 is 0 Å². The van der Waals surface area contributed by atoms with Crippen molar-refractivity contribution in [3.05, 3.63) is 35.7 Å². The van der Waals surface area contributed by atoms with Crippen LogP contribution in [0.4, 0.5) is 4.79 Å². The molecule has 6 heteroatoms. The van der Waals surface area contributed by atoms with E-state index in [1.807, 2.05) is 6.07 Å². The van der Waals surface area contributed by atoms with Crippen molar-refractivity contribution in [3.8, 4) is 0 Å². The lowest BCUT2D eigenvalue weighted by molar-refractivity contribution is 0.105. The van der Waals surface area contributed by atoms with Gasteiger partial charge in [0.15, 0.2) is 8.32 Å². The Hall–Kier alpha value is -1.66. The van der Waals surface area contributed by atoms with E-state index in [-0.39, 0.29) is 11.1 Å². The van der Waals surface area contributed by atoms with Crippen molar-refractivity contribution >= 4 is 20.5 Å². The van der Waals surface area contributed by atoms with Crippen LogP contribution in [0.25, 0.3) is 6.08 Å². The molecule has 0 fully saturated rings. The highest BCUT2D eigenvalue weighted by atomic mass is 28.4. The zero-order chi connectivity index (χ0) is 17.4. The van der Waals surface area contributed by atoms with Crippen LogP contribution in [0.1, 0.15) is 43.6 Å². The predicted octanol–water partition coefficient (Wildman–Crippen LogP) is 4.28. The number of nitrogens with zero attached hydrogens (tertiary/aromatic N) is 2. The Morgan fingerprint density at radius 2 is 2.22 bits per heavy atom. The number of hydrogen-bond donors (Lipinski definition) is 1. The fourth-order valence-electron chi connectivity index (χ4n) is 2.39. The number of carboxylic acid groups (broad SMARTS) is 1. The van der Waals surface area contributed by atoms with Gasteiger partial charge in [0, 0.05) is 6.20 Å². The molecular formula is C17H26N2O3Si. The van der Waals surface area contributed by atoms with Crippen molar-refractivity contribution in [2.45, 2.75) is 51.5 Å². The lowest BCUT2D eigenvalue weighted by atomic mass is 10.1. The summed E-state index contributed by atoms with van der Waals surface area (Å²) >= 11 is 0. The first kappa shape index (κ1) is 17.7. The SMILES string of the molecule is C=Cc1cnc2c(c1)CN(C(=O)O)[C@H]2CO[Si](C)(C)C(C)(C)C. The van der Waals surface area contributed by atoms with Crippen LogP contribution in [0.15, 0.2) is 18.8 Å². The van der Waals surface area contributed by atoms with E-state index in [4.69, 9.17) is 4.43 Å². The molecule has 2 rings (SSSR count). The summed E-state index contributed by atoms with van der Waals surface area (Å²) in [4.78, 5) is 17.5. The van der Waals surface area contributed by atoms with Crippen LogP contribution in [-0.2, 0) is 11.0 Å². The molecule has 0 aromatic carbocycles. The summed E-state index contributed by atoms with van der Waals surface area (Å²) in [6, 6.07) is 1.62. The van der Waals surface area contributed by atoms with Crippen molar-refractivity contribution in [1.82, 2.24) is 9.88 Å². The van der Waals surface area contributed by atoms with Gasteiger partial charge in [-0.3, -0.25) is 9.88 Å². The molecule has 1 amide bonds. The first-order chi connectivity index (χ1) is 10.6. The lowest BCUT2D eigenvalue weighted by Crippen LogP contribution is -2.43. The number of pyridine rings is 1. The van der Waals surface area contributed by atoms with E-state index in [1.165, 1.54) is 4.90 Å². The molecule has 0 unspecified atom stereocenters. The number of amides is 1. The summed E-state index contributed by atoms with van der Waals surface area (Å²) in [7, 11) is -1.94. The maximum atomic E-state index is 11.6. The van der Waals surface area contributed by atoms with Crippen molar-refractivity contribution in [3.63, 3.8) is 0 Å². The van der Waals surface area contributed by atoms with Crippen LogP contribution in [0.5, 0.6) is 0 Å². The van der Waals surface area contributed by atoms with E-state index in [2.05, 4.69) is 45.4 Å². The first-order valence-electron chi connectivity index (χ1n) is 7.81. The molecule has 1 aliphatic rings. The second-order valence-corrected chi connectivity index (χ2v) is 12.3. The van der Waals surface area contributed by atoms with E-state index in [1.54, 1.807) is 12.3 Å². The molecule has 0 bridgehead atoms. The standard InChI is InChI=1S/C17H26N2O3Si/c1-7-12-8-13-10-19(16(20)21)14(15(13)18-9-12)11-22-23(5,6)17(2,3)4/h7-9,14H,1,10-11H2,2-6H3,(H,20,21)/t14-/m0/s1. The van der Waals surface area contributed by atoms with Crippen LogP contribution in [0.2, 0.25) is 18.1 Å². The van der Waals surface area contributed by atoms with Gasteiger partial charge in [-0.2, -0.15) is 0 Å². The highest BCUT2D eigenvalue weighted by molar-refractivity contribution is 6.74. The smallest absolute Gasteiger partial charge is 0.408 e. The third-order valence-corrected chi connectivity index (χ3v) is 9.45. The zero-order valence-corrected chi connectivity index (χ0v) is 15.6. The summed E-state index contributed by atoms with van der Waals surface area (Å²) < 4.78 is 6.25. The molecule has 5 nitrogen and oxygen atoms in total. The van der Waals surface area contributed by atoms with Crippen LogP contribution >= 0.6 is 0 Å². The summed E-state index contributed by atoms with van der Waals surface area (Å²) in [5, 5.41) is 9.59. The molecule has 126 valence electrons. The fraction of sp³-hybridized carbons (Fsp3) is 0.529. The average Bonchev–Trinajstić information content (AvgIpc) is 2.81. The molecule has 0 aliphatic carbocycles. The van der Waals surface area contributed by atoms with E-state index in [9.17, 15) is 9.90 Å². The highest BCUT2D eigenvalue weighted by Crippen LogP contribution is 2.39. The van der Waals surface area contributed by atoms with Gasteiger partial charge in [0.05, 0.1) is 18.8 Å². The fourth-order valence-corrected chi connectivity index (χ4v) is 3.40. The maximum absolute atomic E-state index is 11.6. The van der Waals surface area contributed by atoms with Gasteiger partial charge in [-0.05, 0) is 35.3 Å². The molecule has 0 saturated heterocycles. The zero-order valence-electron chi connectivity index (χ0n) is 14.6. The second kappa shape index (κ2) is 6.09. The molecule has 0 saturated carbocycles.